The lowest BCUT2D eigenvalue weighted by atomic mass is 10.1. The molecule has 7 rings (SSSR count). The Labute approximate surface area is 299 Å². The summed E-state index contributed by atoms with van der Waals surface area (Å²) < 4.78 is 0.870. The third kappa shape index (κ3) is 8.58. The quantitative estimate of drug-likeness (QED) is 0.122. The van der Waals surface area contributed by atoms with E-state index in [1.807, 2.05) is 65.5 Å². The van der Waals surface area contributed by atoms with E-state index >= 15 is 0 Å². The van der Waals surface area contributed by atoms with Crippen LogP contribution in [0.15, 0.2) is 76.2 Å². The second-order valence-corrected chi connectivity index (χ2v) is 13.8. The molecule has 0 atom stereocenters. The molecular weight excluding hydrogens is 736 g/mol. The van der Waals surface area contributed by atoms with Crippen molar-refractivity contribution in [3.05, 3.63) is 81.2 Å². The molecule has 2 fully saturated rings. The van der Waals surface area contributed by atoms with Gasteiger partial charge in [0.2, 0.25) is 11.9 Å². The predicted molar refractivity (Wildman–Crippen MR) is 196 cm³/mol. The van der Waals surface area contributed by atoms with Gasteiger partial charge in [-0.15, -0.1) is 22.7 Å². The van der Waals surface area contributed by atoms with Gasteiger partial charge >= 0.3 is 12.1 Å². The van der Waals surface area contributed by atoms with Crippen LogP contribution in [0.3, 0.4) is 0 Å². The molecule has 1 aromatic carbocycles. The van der Waals surface area contributed by atoms with Crippen LogP contribution >= 0.6 is 50.2 Å². The zero-order valence-corrected chi connectivity index (χ0v) is 29.6. The normalized spacial score (nSPS) is 14.0. The molecule has 2 aliphatic rings. The molecule has 0 aliphatic carbocycles. The van der Waals surface area contributed by atoms with Crippen molar-refractivity contribution in [3.8, 4) is 32.3 Å². The van der Waals surface area contributed by atoms with E-state index in [0.717, 1.165) is 56.4 Å². The number of urea groups is 2. The van der Waals surface area contributed by atoms with Gasteiger partial charge in [-0.1, -0.05) is 35.9 Å². The minimum Gasteiger partial charge on any atom is -0.352 e. The van der Waals surface area contributed by atoms with Crippen molar-refractivity contribution in [3.63, 3.8) is 0 Å². The molecule has 0 radical (unpaired) electrons. The Bertz CT molecular complexity index is 1830. The monoisotopic (exact) mass is 766 g/mol. The zero-order chi connectivity index (χ0) is 33.3. The highest BCUT2D eigenvalue weighted by Gasteiger charge is 2.20. The summed E-state index contributed by atoms with van der Waals surface area (Å²) in [5.74, 6) is 1.12. The van der Waals surface area contributed by atoms with Crippen LogP contribution in [0, 0.1) is 0 Å². The minimum absolute atomic E-state index is 0.00667. The molecule has 4 N–H and O–H groups in total. The number of anilines is 2. The number of hydrogen-bond donors (Lipinski definition) is 4. The maximum Gasteiger partial charge on any atom is 0.317 e. The van der Waals surface area contributed by atoms with Gasteiger partial charge in [-0.25, -0.2) is 29.5 Å². The Hall–Kier alpha value is -4.31. The molecule has 16 heteroatoms. The largest absolute Gasteiger partial charge is 0.352 e. The molecule has 6 heterocycles. The fraction of sp³-hybridized carbons (Fsp3) is 0.250. The Morgan fingerprint density at radius 1 is 0.771 bits per heavy atom. The highest BCUT2D eigenvalue weighted by atomic mass is 79.9. The number of halogens is 2. The lowest BCUT2D eigenvalue weighted by Crippen LogP contribution is -2.32. The molecular formula is C32H32BrClN10O2S2. The lowest BCUT2D eigenvalue weighted by molar-refractivity contribution is 0.218. The summed E-state index contributed by atoms with van der Waals surface area (Å²) in [5.41, 5.74) is 3.73. The summed E-state index contributed by atoms with van der Waals surface area (Å²) in [4.78, 5) is 46.7. The van der Waals surface area contributed by atoms with Gasteiger partial charge < -0.3 is 31.1 Å². The van der Waals surface area contributed by atoms with E-state index in [2.05, 4.69) is 52.1 Å². The van der Waals surface area contributed by atoms with E-state index in [0.29, 0.717) is 49.6 Å². The Morgan fingerprint density at radius 2 is 1.31 bits per heavy atom. The molecule has 0 bridgehead atoms. The fourth-order valence-corrected chi connectivity index (χ4v) is 7.12. The van der Waals surface area contributed by atoms with E-state index in [1.165, 1.54) is 0 Å². The van der Waals surface area contributed by atoms with Crippen molar-refractivity contribution in [2.75, 3.05) is 63.0 Å². The van der Waals surface area contributed by atoms with E-state index in [9.17, 15) is 9.59 Å². The molecule has 0 unspecified atom stereocenters. The maximum atomic E-state index is 11.6. The number of carbonyl (C=O) groups excluding carboxylic acids is 2. The molecule has 0 saturated carbocycles. The second kappa shape index (κ2) is 16.2. The molecule has 0 spiro atoms. The third-order valence-electron chi connectivity index (χ3n) is 7.42. The van der Waals surface area contributed by atoms with E-state index < -0.39 is 0 Å². The van der Waals surface area contributed by atoms with Crippen molar-refractivity contribution < 1.29 is 9.59 Å². The van der Waals surface area contributed by atoms with Gasteiger partial charge in [-0.2, -0.15) is 0 Å². The number of nitrogens with one attached hydrogen (secondary N) is 4. The van der Waals surface area contributed by atoms with E-state index in [1.54, 1.807) is 38.7 Å². The van der Waals surface area contributed by atoms with Crippen LogP contribution in [0.2, 0.25) is 5.02 Å². The fourth-order valence-electron chi connectivity index (χ4n) is 5.00. The summed E-state index contributed by atoms with van der Waals surface area (Å²) in [5, 5.41) is 16.7. The molecule has 48 heavy (non-hydrogen) atoms. The van der Waals surface area contributed by atoms with Gasteiger partial charge in [0.15, 0.2) is 0 Å². The number of rotatable bonds is 11. The highest BCUT2D eigenvalue weighted by molar-refractivity contribution is 9.10. The first-order valence-electron chi connectivity index (χ1n) is 15.2. The van der Waals surface area contributed by atoms with Gasteiger partial charge in [0.1, 0.15) is 0 Å². The SMILES string of the molecule is O=C1NCCN1CCNc1ncc(-c2ccc(Cl)cc2)c(-c2cccs2)n1.O=C1NCCN1CCNc1ncc(Br)c(-c2cccs2)n1. The Morgan fingerprint density at radius 3 is 1.83 bits per heavy atom. The highest BCUT2D eigenvalue weighted by Crippen LogP contribution is 2.34. The van der Waals surface area contributed by atoms with Crippen molar-refractivity contribution in [1.82, 2.24) is 40.4 Å². The van der Waals surface area contributed by atoms with E-state index in [-0.39, 0.29) is 12.1 Å². The number of nitrogens with zero attached hydrogens (tertiary/aromatic N) is 6. The predicted octanol–water partition coefficient (Wildman–Crippen LogP) is 6.37. The second-order valence-electron chi connectivity index (χ2n) is 10.6. The first-order valence-corrected chi connectivity index (χ1v) is 18.1. The molecule has 2 saturated heterocycles. The average molecular weight is 768 g/mol. The summed E-state index contributed by atoms with van der Waals surface area (Å²) in [6.07, 6.45) is 3.57. The number of aromatic nitrogens is 4. The van der Waals surface area contributed by atoms with Crippen molar-refractivity contribution in [2.45, 2.75) is 0 Å². The van der Waals surface area contributed by atoms with Crippen molar-refractivity contribution >= 4 is 74.2 Å². The summed E-state index contributed by atoms with van der Waals surface area (Å²) >= 11 is 12.8. The minimum atomic E-state index is -0.0184. The van der Waals surface area contributed by atoms with Gasteiger partial charge in [-0.3, -0.25) is 0 Å². The molecule has 12 nitrogen and oxygen atoms in total. The third-order valence-corrected chi connectivity index (χ3v) is 10.0. The first-order chi connectivity index (χ1) is 23.4. The first kappa shape index (κ1) is 33.6. The smallest absolute Gasteiger partial charge is 0.317 e. The van der Waals surface area contributed by atoms with Gasteiger partial charge in [0.25, 0.3) is 0 Å². The van der Waals surface area contributed by atoms with Crippen molar-refractivity contribution in [2.24, 2.45) is 0 Å². The molecule has 5 aromatic rings. The molecule has 4 amide bonds. The zero-order valence-electron chi connectivity index (χ0n) is 25.7. The van der Waals surface area contributed by atoms with Gasteiger partial charge in [0, 0.05) is 75.3 Å². The van der Waals surface area contributed by atoms with Gasteiger partial charge in [0.05, 0.1) is 25.6 Å². The Kier molecular flexibility index (Phi) is 11.3. The van der Waals surface area contributed by atoms with Crippen molar-refractivity contribution in [1.29, 1.82) is 0 Å². The molecule has 4 aromatic heterocycles. The standard InChI is InChI=1S/C19H18ClN5OS.C13H14BrN5OS/c20-14-5-3-13(4-6-14)15-12-23-18(24-17(15)16-2-1-11-27-16)21-7-9-25-10-8-22-19(25)26;14-9-8-17-12(18-11(9)10-2-1-7-21-10)15-3-5-19-6-4-16-13(19)20/h1-6,11-12H,7-10H2,(H,22,26)(H,21,23,24);1-2,7-8H,3-6H2,(H,16,20)(H,15,17,18). The van der Waals surface area contributed by atoms with Crippen LogP contribution in [0.5, 0.6) is 0 Å². The molecule has 248 valence electrons. The number of amides is 4. The number of thiophene rings is 2. The van der Waals surface area contributed by atoms with Crippen LogP contribution in [0.4, 0.5) is 21.5 Å². The summed E-state index contributed by atoms with van der Waals surface area (Å²) in [7, 11) is 0. The molecule has 2 aliphatic heterocycles. The van der Waals surface area contributed by atoms with Crippen LogP contribution < -0.4 is 21.3 Å². The summed E-state index contributed by atoms with van der Waals surface area (Å²) in [6.45, 7) is 5.38. The number of hydrogen-bond acceptors (Lipinski definition) is 10. The maximum absolute atomic E-state index is 11.6. The van der Waals surface area contributed by atoms with Crippen LogP contribution in [-0.4, -0.2) is 94.2 Å². The number of benzene rings is 1. The van der Waals surface area contributed by atoms with Gasteiger partial charge in [-0.05, 0) is 56.5 Å². The van der Waals surface area contributed by atoms with Crippen LogP contribution in [0.1, 0.15) is 0 Å². The average Bonchev–Trinajstić information content (AvgIpc) is 3.94. The number of carbonyl (C=O) groups is 2. The lowest BCUT2D eigenvalue weighted by Gasteiger charge is -2.15. The van der Waals surface area contributed by atoms with E-state index in [4.69, 9.17) is 16.6 Å². The topological polar surface area (TPSA) is 140 Å². The van der Waals surface area contributed by atoms with Crippen LogP contribution in [-0.2, 0) is 0 Å². The Balaban J connectivity index is 0.000000173. The van der Waals surface area contributed by atoms with Crippen LogP contribution in [0.25, 0.3) is 32.3 Å². The summed E-state index contributed by atoms with van der Waals surface area (Å²) in [6, 6.07) is 15.7.